The number of nitrogens with zero attached hydrogens (tertiary/aromatic N) is 5. The third-order valence-corrected chi connectivity index (χ3v) is 3.81. The lowest BCUT2D eigenvalue weighted by atomic mass is 9.84. The standard InChI is InChI=1S/C12H14FN7O2/c1-11(13)2-6(4-21)22-12(11,5-14)7-3-17-9-8(15)18-10(16)19-20(7)9/h3,6,21H,2,4H2,1H3,(H4,15,16,18,19). The van der Waals surface area contributed by atoms with Gasteiger partial charge in [-0.2, -0.15) is 10.2 Å². The molecule has 3 unspecified atom stereocenters. The van der Waals surface area contributed by atoms with Crippen molar-refractivity contribution >= 4 is 17.4 Å². The van der Waals surface area contributed by atoms with Crippen molar-refractivity contribution in [1.29, 1.82) is 5.26 Å². The zero-order chi connectivity index (χ0) is 16.1. The number of hydrogen-bond acceptors (Lipinski definition) is 8. The van der Waals surface area contributed by atoms with Crippen LogP contribution in [0.2, 0.25) is 0 Å². The molecule has 116 valence electrons. The Kier molecular flexibility index (Phi) is 2.95. The Bertz CT molecular complexity index is 784. The number of ether oxygens (including phenoxy) is 1. The lowest BCUT2D eigenvalue weighted by Gasteiger charge is -2.29. The normalized spacial score (nSPS) is 31.5. The van der Waals surface area contributed by atoms with Crippen molar-refractivity contribution in [3.63, 3.8) is 0 Å². The van der Waals surface area contributed by atoms with Gasteiger partial charge in [-0.3, -0.25) is 0 Å². The van der Waals surface area contributed by atoms with Gasteiger partial charge >= 0.3 is 0 Å². The summed E-state index contributed by atoms with van der Waals surface area (Å²) < 4.78 is 21.7. The summed E-state index contributed by atoms with van der Waals surface area (Å²) in [5.74, 6) is -0.140. The highest BCUT2D eigenvalue weighted by molar-refractivity contribution is 5.61. The summed E-state index contributed by atoms with van der Waals surface area (Å²) in [5.41, 5.74) is 7.41. The third kappa shape index (κ3) is 1.73. The van der Waals surface area contributed by atoms with Gasteiger partial charge in [-0.15, -0.1) is 5.10 Å². The van der Waals surface area contributed by atoms with Crippen LogP contribution in [0.1, 0.15) is 19.0 Å². The molecule has 1 fully saturated rings. The molecule has 0 spiro atoms. The van der Waals surface area contributed by atoms with Crippen LogP contribution in [0.5, 0.6) is 0 Å². The van der Waals surface area contributed by atoms with Crippen LogP contribution in [0.3, 0.4) is 0 Å². The van der Waals surface area contributed by atoms with E-state index in [1.165, 1.54) is 13.1 Å². The van der Waals surface area contributed by atoms with E-state index in [1.807, 2.05) is 6.07 Å². The number of halogens is 1. The highest BCUT2D eigenvalue weighted by atomic mass is 19.1. The molecular formula is C12H14FN7O2. The molecule has 3 rings (SSSR count). The number of hydrogen-bond donors (Lipinski definition) is 3. The monoisotopic (exact) mass is 307 g/mol. The number of anilines is 2. The van der Waals surface area contributed by atoms with E-state index in [2.05, 4.69) is 15.1 Å². The van der Waals surface area contributed by atoms with Crippen molar-refractivity contribution in [3.05, 3.63) is 11.9 Å². The fraction of sp³-hybridized carbons (Fsp3) is 0.500. The smallest absolute Gasteiger partial charge is 0.240 e. The Labute approximate surface area is 124 Å². The van der Waals surface area contributed by atoms with Crippen LogP contribution < -0.4 is 11.5 Å². The first kappa shape index (κ1) is 14.4. The highest BCUT2D eigenvalue weighted by Gasteiger charge is 2.61. The number of alkyl halides is 1. The van der Waals surface area contributed by atoms with Gasteiger partial charge in [0.2, 0.25) is 11.5 Å². The van der Waals surface area contributed by atoms with Gasteiger partial charge in [0, 0.05) is 6.42 Å². The van der Waals surface area contributed by atoms with Gasteiger partial charge in [-0.25, -0.2) is 13.9 Å². The average molecular weight is 307 g/mol. The van der Waals surface area contributed by atoms with E-state index in [1.54, 1.807) is 0 Å². The molecule has 0 saturated carbocycles. The summed E-state index contributed by atoms with van der Waals surface area (Å²) >= 11 is 0. The van der Waals surface area contributed by atoms with Crippen LogP contribution >= 0.6 is 0 Å². The Morgan fingerprint density at radius 3 is 2.95 bits per heavy atom. The van der Waals surface area contributed by atoms with Crippen molar-refractivity contribution in [1.82, 2.24) is 19.6 Å². The first-order valence-electron chi connectivity index (χ1n) is 6.50. The summed E-state index contributed by atoms with van der Waals surface area (Å²) in [7, 11) is 0. The third-order valence-electron chi connectivity index (χ3n) is 3.81. The molecule has 10 heteroatoms. The van der Waals surface area contributed by atoms with Gasteiger partial charge < -0.3 is 21.3 Å². The molecule has 1 saturated heterocycles. The second-order valence-electron chi connectivity index (χ2n) is 5.35. The van der Waals surface area contributed by atoms with Crippen molar-refractivity contribution < 1.29 is 14.2 Å². The van der Waals surface area contributed by atoms with E-state index in [0.29, 0.717) is 0 Å². The fourth-order valence-corrected chi connectivity index (χ4v) is 2.78. The summed E-state index contributed by atoms with van der Waals surface area (Å²) in [4.78, 5) is 7.77. The molecule has 3 atom stereocenters. The van der Waals surface area contributed by atoms with Gasteiger partial charge in [0.15, 0.2) is 17.1 Å². The number of aromatic nitrogens is 4. The minimum atomic E-state index is -2.06. The number of aliphatic hydroxyl groups excluding tert-OH is 1. The number of nitrogen functional groups attached to an aromatic ring is 2. The zero-order valence-electron chi connectivity index (χ0n) is 11.7. The molecule has 0 bridgehead atoms. The minimum absolute atomic E-state index is 0.00380. The van der Waals surface area contributed by atoms with E-state index in [4.69, 9.17) is 16.2 Å². The molecule has 22 heavy (non-hydrogen) atoms. The molecule has 5 N–H and O–H groups in total. The molecular weight excluding hydrogens is 293 g/mol. The predicted molar refractivity (Wildman–Crippen MR) is 73.0 cm³/mol. The van der Waals surface area contributed by atoms with Gasteiger partial charge in [-0.1, -0.05) is 0 Å². The van der Waals surface area contributed by atoms with Crippen LogP contribution in [0.4, 0.5) is 16.2 Å². The first-order chi connectivity index (χ1) is 10.3. The van der Waals surface area contributed by atoms with Crippen molar-refractivity contribution in [2.45, 2.75) is 30.7 Å². The van der Waals surface area contributed by atoms with Gasteiger partial charge in [0.1, 0.15) is 11.8 Å². The summed E-state index contributed by atoms with van der Waals surface area (Å²) in [5, 5.41) is 22.8. The van der Waals surface area contributed by atoms with Gasteiger partial charge in [-0.05, 0) is 6.92 Å². The molecule has 0 aromatic carbocycles. The first-order valence-corrected chi connectivity index (χ1v) is 6.50. The molecule has 1 aliphatic rings. The zero-order valence-corrected chi connectivity index (χ0v) is 11.7. The number of nitrogens with two attached hydrogens (primary N) is 2. The van der Waals surface area contributed by atoms with Crippen LogP contribution in [0, 0.1) is 11.3 Å². The van der Waals surface area contributed by atoms with E-state index >= 15 is 4.39 Å². The molecule has 2 aromatic heterocycles. The lowest BCUT2D eigenvalue weighted by molar-refractivity contribution is -0.0719. The Morgan fingerprint density at radius 1 is 1.64 bits per heavy atom. The number of nitriles is 1. The fourth-order valence-electron chi connectivity index (χ4n) is 2.78. The summed E-state index contributed by atoms with van der Waals surface area (Å²) in [6.07, 6.45) is 0.303. The predicted octanol–water partition coefficient (Wildman–Crippen LogP) is -0.483. The maximum atomic E-state index is 15.1. The van der Waals surface area contributed by atoms with E-state index in [-0.39, 0.29) is 29.5 Å². The Hall–Kier alpha value is -2.51. The number of aliphatic hydroxyl groups is 1. The minimum Gasteiger partial charge on any atom is -0.394 e. The molecule has 3 heterocycles. The van der Waals surface area contributed by atoms with E-state index < -0.39 is 24.0 Å². The quantitative estimate of drug-likeness (QED) is 0.673. The largest absolute Gasteiger partial charge is 0.394 e. The van der Waals surface area contributed by atoms with E-state index in [0.717, 1.165) is 4.52 Å². The maximum absolute atomic E-state index is 15.1. The second-order valence-corrected chi connectivity index (χ2v) is 5.35. The van der Waals surface area contributed by atoms with Crippen molar-refractivity contribution in [3.8, 4) is 6.07 Å². The molecule has 2 aromatic rings. The molecule has 0 amide bonds. The second kappa shape index (κ2) is 4.49. The summed E-state index contributed by atoms with van der Waals surface area (Å²) in [6, 6.07) is 1.85. The van der Waals surface area contributed by atoms with Crippen LogP contribution in [0.25, 0.3) is 5.65 Å². The molecule has 0 radical (unpaired) electrons. The van der Waals surface area contributed by atoms with Crippen molar-refractivity contribution in [2.75, 3.05) is 18.1 Å². The Morgan fingerprint density at radius 2 is 2.36 bits per heavy atom. The van der Waals surface area contributed by atoms with Gasteiger partial charge in [0.05, 0.1) is 18.9 Å². The van der Waals surface area contributed by atoms with Crippen LogP contribution in [-0.2, 0) is 10.3 Å². The van der Waals surface area contributed by atoms with Crippen LogP contribution in [-0.4, -0.2) is 43.1 Å². The Balaban J connectivity index is 2.27. The SMILES string of the molecule is CC1(F)CC(CO)OC1(C#N)c1cnc2c(N)nc(N)nn12. The number of rotatable bonds is 2. The molecule has 1 aliphatic heterocycles. The van der Waals surface area contributed by atoms with Crippen LogP contribution in [0.15, 0.2) is 6.20 Å². The lowest BCUT2D eigenvalue weighted by Crippen LogP contribution is -2.43. The summed E-state index contributed by atoms with van der Waals surface area (Å²) in [6.45, 7) is 0.831. The van der Waals surface area contributed by atoms with E-state index in [9.17, 15) is 10.4 Å². The topological polar surface area (TPSA) is 148 Å². The van der Waals surface area contributed by atoms with Crippen molar-refractivity contribution in [2.24, 2.45) is 0 Å². The maximum Gasteiger partial charge on any atom is 0.240 e. The number of imidazole rings is 1. The van der Waals surface area contributed by atoms with Gasteiger partial charge in [0.25, 0.3) is 0 Å². The molecule has 0 aliphatic carbocycles. The highest BCUT2D eigenvalue weighted by Crippen LogP contribution is 2.49. The number of fused-ring (bicyclic) bond motifs is 1. The average Bonchev–Trinajstić information content (AvgIpc) is 2.97. The molecule has 9 nitrogen and oxygen atoms in total.